The summed E-state index contributed by atoms with van der Waals surface area (Å²) in [6.45, 7) is 6.01. The maximum Gasteiger partial charge on any atom is 0.161 e. The third-order valence-corrected chi connectivity index (χ3v) is 1.90. The van der Waals surface area contributed by atoms with Crippen molar-refractivity contribution in [2.75, 3.05) is 13.2 Å². The van der Waals surface area contributed by atoms with Gasteiger partial charge in [-0.3, -0.25) is 0 Å². The van der Waals surface area contributed by atoms with Crippen LogP contribution in [0.2, 0.25) is 0 Å². The zero-order valence-corrected chi connectivity index (χ0v) is 8.88. The summed E-state index contributed by atoms with van der Waals surface area (Å²) in [5.41, 5.74) is 5.00. The van der Waals surface area contributed by atoms with E-state index in [0.29, 0.717) is 13.2 Å². The van der Waals surface area contributed by atoms with E-state index in [1.807, 2.05) is 32.0 Å². The molecule has 0 aliphatic carbocycles. The summed E-state index contributed by atoms with van der Waals surface area (Å²) in [5, 5.41) is 0. The van der Waals surface area contributed by atoms with Gasteiger partial charge in [-0.15, -0.1) is 0 Å². The SMILES string of the molecule is CCOc1ccc(C[NH3+])cc1OCC. The highest BCUT2D eigenvalue weighted by Gasteiger charge is 2.05. The molecule has 0 heterocycles. The first-order chi connectivity index (χ1) is 6.81. The Morgan fingerprint density at radius 2 is 1.71 bits per heavy atom. The smallest absolute Gasteiger partial charge is 0.161 e. The first-order valence-corrected chi connectivity index (χ1v) is 4.99. The van der Waals surface area contributed by atoms with Crippen molar-refractivity contribution in [3.63, 3.8) is 0 Å². The first kappa shape index (κ1) is 10.9. The summed E-state index contributed by atoms with van der Waals surface area (Å²) >= 11 is 0. The van der Waals surface area contributed by atoms with Crippen molar-refractivity contribution in [3.05, 3.63) is 23.8 Å². The van der Waals surface area contributed by atoms with Crippen LogP contribution in [0.15, 0.2) is 18.2 Å². The number of benzene rings is 1. The minimum absolute atomic E-state index is 0.653. The Bertz CT molecular complexity index is 287. The molecule has 0 aliphatic heterocycles. The van der Waals surface area contributed by atoms with Crippen LogP contribution in [-0.4, -0.2) is 13.2 Å². The van der Waals surface area contributed by atoms with Gasteiger partial charge >= 0.3 is 0 Å². The second kappa shape index (κ2) is 5.50. The Morgan fingerprint density at radius 1 is 1.07 bits per heavy atom. The highest BCUT2D eigenvalue weighted by molar-refractivity contribution is 5.42. The molecule has 3 nitrogen and oxygen atoms in total. The van der Waals surface area contributed by atoms with Crippen LogP contribution in [0.3, 0.4) is 0 Å². The Morgan fingerprint density at radius 3 is 2.29 bits per heavy atom. The van der Waals surface area contributed by atoms with Crippen molar-refractivity contribution in [2.24, 2.45) is 0 Å². The minimum atomic E-state index is 0.653. The molecule has 1 aromatic carbocycles. The third-order valence-electron chi connectivity index (χ3n) is 1.90. The van der Waals surface area contributed by atoms with Gasteiger partial charge < -0.3 is 15.2 Å². The lowest BCUT2D eigenvalue weighted by Crippen LogP contribution is -2.47. The lowest BCUT2D eigenvalue weighted by molar-refractivity contribution is -0.386. The summed E-state index contributed by atoms with van der Waals surface area (Å²) in [6, 6.07) is 5.94. The van der Waals surface area contributed by atoms with E-state index in [9.17, 15) is 0 Å². The van der Waals surface area contributed by atoms with Crippen LogP contribution in [0, 0.1) is 0 Å². The molecule has 3 heteroatoms. The summed E-state index contributed by atoms with van der Waals surface area (Å²) < 4.78 is 10.9. The molecule has 0 radical (unpaired) electrons. The van der Waals surface area contributed by atoms with Gasteiger partial charge in [-0.25, -0.2) is 0 Å². The molecule has 0 spiro atoms. The van der Waals surface area contributed by atoms with Crippen molar-refractivity contribution in [1.29, 1.82) is 0 Å². The van der Waals surface area contributed by atoms with Crippen LogP contribution in [0.1, 0.15) is 19.4 Å². The molecule has 1 rings (SSSR count). The zero-order chi connectivity index (χ0) is 10.4. The second-order valence-electron chi connectivity index (χ2n) is 2.90. The number of hydrogen-bond acceptors (Lipinski definition) is 2. The molecule has 0 bridgehead atoms. The average molecular weight is 196 g/mol. The standard InChI is InChI=1S/C11H17NO2/c1-3-13-10-6-5-9(8-12)7-11(10)14-4-2/h5-7H,3-4,8,12H2,1-2H3/p+1. The van der Waals surface area contributed by atoms with E-state index in [1.54, 1.807) is 0 Å². The van der Waals surface area contributed by atoms with E-state index in [4.69, 9.17) is 9.47 Å². The third kappa shape index (κ3) is 2.64. The van der Waals surface area contributed by atoms with Gasteiger partial charge in [-0.1, -0.05) is 0 Å². The molecule has 0 fully saturated rings. The predicted octanol–water partition coefficient (Wildman–Crippen LogP) is 1.23. The maximum absolute atomic E-state index is 5.48. The molecule has 0 aliphatic rings. The number of quaternary nitrogens is 1. The molecule has 0 aromatic heterocycles. The second-order valence-corrected chi connectivity index (χ2v) is 2.90. The fraction of sp³-hybridized carbons (Fsp3) is 0.455. The van der Waals surface area contributed by atoms with E-state index in [2.05, 4.69) is 5.73 Å². The Balaban J connectivity index is 2.91. The van der Waals surface area contributed by atoms with Gasteiger partial charge in [0.05, 0.1) is 19.8 Å². The summed E-state index contributed by atoms with van der Waals surface area (Å²) in [6.07, 6.45) is 0. The molecule has 14 heavy (non-hydrogen) atoms. The predicted molar refractivity (Wildman–Crippen MR) is 55.4 cm³/mol. The lowest BCUT2D eigenvalue weighted by atomic mass is 10.2. The molecular formula is C11H18NO2+. The maximum atomic E-state index is 5.48. The van der Waals surface area contributed by atoms with Crippen LogP contribution in [0.25, 0.3) is 0 Å². The summed E-state index contributed by atoms with van der Waals surface area (Å²) in [7, 11) is 0. The molecule has 0 atom stereocenters. The molecule has 0 amide bonds. The van der Waals surface area contributed by atoms with Gasteiger partial charge in [0.25, 0.3) is 0 Å². The zero-order valence-electron chi connectivity index (χ0n) is 8.88. The molecule has 1 aromatic rings. The van der Waals surface area contributed by atoms with Gasteiger partial charge in [-0.2, -0.15) is 0 Å². The number of rotatable bonds is 5. The van der Waals surface area contributed by atoms with Crippen molar-refractivity contribution in [3.8, 4) is 11.5 Å². The number of hydrogen-bond donors (Lipinski definition) is 1. The average Bonchev–Trinajstić information content (AvgIpc) is 2.21. The topological polar surface area (TPSA) is 46.1 Å². The van der Waals surface area contributed by atoms with Gasteiger partial charge in [0.2, 0.25) is 0 Å². The molecule has 0 unspecified atom stereocenters. The fourth-order valence-electron chi connectivity index (χ4n) is 1.25. The van der Waals surface area contributed by atoms with Crippen LogP contribution in [0.4, 0.5) is 0 Å². The largest absolute Gasteiger partial charge is 0.490 e. The van der Waals surface area contributed by atoms with Gasteiger partial charge in [0.1, 0.15) is 0 Å². The van der Waals surface area contributed by atoms with E-state index >= 15 is 0 Å². The molecule has 3 N–H and O–H groups in total. The molecule has 0 saturated heterocycles. The van der Waals surface area contributed by atoms with Crippen LogP contribution < -0.4 is 15.2 Å². The van der Waals surface area contributed by atoms with Crippen LogP contribution >= 0.6 is 0 Å². The minimum Gasteiger partial charge on any atom is -0.490 e. The van der Waals surface area contributed by atoms with Crippen molar-refractivity contribution in [2.45, 2.75) is 20.4 Å². The fourth-order valence-corrected chi connectivity index (χ4v) is 1.25. The molecular weight excluding hydrogens is 178 g/mol. The Labute approximate surface area is 84.8 Å². The molecule has 78 valence electrons. The van der Waals surface area contributed by atoms with Gasteiger partial charge in [0.15, 0.2) is 11.5 Å². The van der Waals surface area contributed by atoms with Gasteiger partial charge in [-0.05, 0) is 32.0 Å². The van der Waals surface area contributed by atoms with E-state index in [-0.39, 0.29) is 0 Å². The quantitative estimate of drug-likeness (QED) is 0.769. The van der Waals surface area contributed by atoms with E-state index in [1.165, 1.54) is 0 Å². The van der Waals surface area contributed by atoms with Crippen LogP contribution in [0.5, 0.6) is 11.5 Å². The highest BCUT2D eigenvalue weighted by Crippen LogP contribution is 2.28. The normalized spacial score (nSPS) is 9.93. The Kier molecular flexibility index (Phi) is 4.26. The first-order valence-electron chi connectivity index (χ1n) is 4.99. The summed E-state index contributed by atoms with van der Waals surface area (Å²) in [4.78, 5) is 0. The lowest BCUT2D eigenvalue weighted by Gasteiger charge is -2.11. The molecule has 0 saturated carbocycles. The monoisotopic (exact) mass is 196 g/mol. The van der Waals surface area contributed by atoms with Crippen molar-refractivity contribution < 1.29 is 15.2 Å². The van der Waals surface area contributed by atoms with Crippen LogP contribution in [-0.2, 0) is 6.54 Å². The highest BCUT2D eigenvalue weighted by atomic mass is 16.5. The number of ether oxygens (including phenoxy) is 2. The van der Waals surface area contributed by atoms with E-state index in [0.717, 1.165) is 23.6 Å². The Hall–Kier alpha value is -1.22. The van der Waals surface area contributed by atoms with Crippen molar-refractivity contribution in [1.82, 2.24) is 0 Å². The summed E-state index contributed by atoms with van der Waals surface area (Å²) in [5.74, 6) is 1.63. The van der Waals surface area contributed by atoms with E-state index < -0.39 is 0 Å². The van der Waals surface area contributed by atoms with Gasteiger partial charge in [0, 0.05) is 5.56 Å². The van der Waals surface area contributed by atoms with Crippen molar-refractivity contribution >= 4 is 0 Å².